The van der Waals surface area contributed by atoms with E-state index in [4.69, 9.17) is 4.74 Å². The third-order valence-electron chi connectivity index (χ3n) is 4.83. The Hall–Kier alpha value is -4.09. The third kappa shape index (κ3) is 5.04. The molecule has 0 saturated carbocycles. The van der Waals surface area contributed by atoms with Crippen molar-refractivity contribution in [3.63, 3.8) is 0 Å². The molecular formula is C25H21N3O2. The van der Waals surface area contributed by atoms with E-state index in [1.807, 2.05) is 66.7 Å². The Morgan fingerprint density at radius 1 is 0.833 bits per heavy atom. The SMILES string of the molecule is N#CC(C#N)(Cc1ccccc1)[C@@H](NC(=O)OCc1ccccc1)c1ccccc1. The molecule has 3 aromatic rings. The van der Waals surface area contributed by atoms with E-state index >= 15 is 0 Å². The zero-order valence-corrected chi connectivity index (χ0v) is 16.4. The lowest BCUT2D eigenvalue weighted by molar-refractivity contribution is 0.130. The van der Waals surface area contributed by atoms with Gasteiger partial charge in [-0.2, -0.15) is 10.5 Å². The van der Waals surface area contributed by atoms with Crippen LogP contribution in [0.3, 0.4) is 0 Å². The van der Waals surface area contributed by atoms with Gasteiger partial charge >= 0.3 is 6.09 Å². The number of ether oxygens (including phenoxy) is 1. The Balaban J connectivity index is 1.86. The van der Waals surface area contributed by atoms with Crippen molar-refractivity contribution < 1.29 is 9.53 Å². The van der Waals surface area contributed by atoms with E-state index in [0.29, 0.717) is 5.56 Å². The molecule has 5 heteroatoms. The summed E-state index contributed by atoms with van der Waals surface area (Å²) >= 11 is 0. The number of nitrogens with zero attached hydrogens (tertiary/aromatic N) is 2. The van der Waals surface area contributed by atoms with Crippen LogP contribution in [0.2, 0.25) is 0 Å². The lowest BCUT2D eigenvalue weighted by Gasteiger charge is -2.30. The molecule has 148 valence electrons. The van der Waals surface area contributed by atoms with Crippen molar-refractivity contribution in [2.24, 2.45) is 5.41 Å². The predicted octanol–water partition coefficient (Wildman–Crippen LogP) is 4.93. The van der Waals surface area contributed by atoms with Crippen molar-refractivity contribution in [3.8, 4) is 12.1 Å². The first kappa shape index (κ1) is 20.6. The summed E-state index contributed by atoms with van der Waals surface area (Å²) in [5, 5.41) is 22.8. The fourth-order valence-electron chi connectivity index (χ4n) is 3.27. The van der Waals surface area contributed by atoms with Gasteiger partial charge in [0.2, 0.25) is 0 Å². The first-order valence-electron chi connectivity index (χ1n) is 9.55. The number of amides is 1. The van der Waals surface area contributed by atoms with Gasteiger partial charge < -0.3 is 10.1 Å². The number of hydrogen-bond acceptors (Lipinski definition) is 4. The molecule has 1 amide bonds. The second-order valence-corrected chi connectivity index (χ2v) is 6.91. The van der Waals surface area contributed by atoms with E-state index in [0.717, 1.165) is 11.1 Å². The van der Waals surface area contributed by atoms with Crippen LogP contribution >= 0.6 is 0 Å². The normalized spacial score (nSPS) is 11.5. The van der Waals surface area contributed by atoms with E-state index < -0.39 is 17.6 Å². The maximum Gasteiger partial charge on any atom is 0.408 e. The monoisotopic (exact) mass is 395 g/mol. The average Bonchev–Trinajstić information content (AvgIpc) is 2.82. The molecule has 0 aliphatic heterocycles. The van der Waals surface area contributed by atoms with Gasteiger partial charge in [0.25, 0.3) is 0 Å². The van der Waals surface area contributed by atoms with E-state index in [9.17, 15) is 15.3 Å². The number of rotatable bonds is 7. The first-order chi connectivity index (χ1) is 14.7. The van der Waals surface area contributed by atoms with Crippen molar-refractivity contribution in [1.82, 2.24) is 5.32 Å². The number of nitriles is 2. The molecule has 1 atom stereocenters. The lowest BCUT2D eigenvalue weighted by Crippen LogP contribution is -2.41. The molecule has 0 radical (unpaired) electrons. The molecular weight excluding hydrogens is 374 g/mol. The van der Waals surface area contributed by atoms with Crippen LogP contribution in [-0.2, 0) is 17.8 Å². The number of nitrogens with one attached hydrogen (secondary N) is 1. The number of hydrogen-bond donors (Lipinski definition) is 1. The number of carbonyl (C=O) groups excluding carboxylic acids is 1. The Labute approximate surface area is 176 Å². The van der Waals surface area contributed by atoms with E-state index in [-0.39, 0.29) is 13.0 Å². The minimum atomic E-state index is -1.51. The van der Waals surface area contributed by atoms with Crippen LogP contribution in [0.5, 0.6) is 0 Å². The van der Waals surface area contributed by atoms with Gasteiger partial charge in [-0.3, -0.25) is 0 Å². The molecule has 30 heavy (non-hydrogen) atoms. The van der Waals surface area contributed by atoms with Crippen LogP contribution in [-0.4, -0.2) is 6.09 Å². The molecule has 5 nitrogen and oxygen atoms in total. The third-order valence-corrected chi connectivity index (χ3v) is 4.83. The Bertz CT molecular complexity index is 1020. The van der Waals surface area contributed by atoms with E-state index in [1.54, 1.807) is 24.3 Å². The minimum Gasteiger partial charge on any atom is -0.445 e. The summed E-state index contributed by atoms with van der Waals surface area (Å²) in [5.74, 6) is 0. The molecule has 0 aromatic heterocycles. The van der Waals surface area contributed by atoms with Crippen LogP contribution in [0, 0.1) is 28.1 Å². The highest BCUT2D eigenvalue weighted by molar-refractivity contribution is 5.68. The van der Waals surface area contributed by atoms with Crippen molar-refractivity contribution in [2.75, 3.05) is 0 Å². The number of alkyl carbamates (subject to hydrolysis) is 1. The molecule has 0 aliphatic rings. The molecule has 3 aromatic carbocycles. The Kier molecular flexibility index (Phi) is 6.82. The highest BCUT2D eigenvalue weighted by Gasteiger charge is 2.42. The van der Waals surface area contributed by atoms with Gasteiger partial charge in [0.1, 0.15) is 6.61 Å². The highest BCUT2D eigenvalue weighted by Crippen LogP contribution is 2.36. The number of benzene rings is 3. The molecule has 0 saturated heterocycles. The molecule has 1 N–H and O–H groups in total. The quantitative estimate of drug-likeness (QED) is 0.614. The van der Waals surface area contributed by atoms with Crippen LogP contribution in [0.1, 0.15) is 22.7 Å². The zero-order chi connectivity index (χ0) is 21.2. The maximum atomic E-state index is 12.6. The summed E-state index contributed by atoms with van der Waals surface area (Å²) in [6.45, 7) is 0.0962. The summed E-state index contributed by atoms with van der Waals surface area (Å²) < 4.78 is 5.35. The van der Waals surface area contributed by atoms with Gasteiger partial charge in [0, 0.05) is 6.42 Å². The summed E-state index contributed by atoms with van der Waals surface area (Å²) in [4.78, 5) is 12.6. The van der Waals surface area contributed by atoms with Crippen molar-refractivity contribution in [1.29, 1.82) is 10.5 Å². The summed E-state index contributed by atoms with van der Waals surface area (Å²) in [7, 11) is 0. The van der Waals surface area contributed by atoms with Crippen molar-refractivity contribution in [3.05, 3.63) is 108 Å². The zero-order valence-electron chi connectivity index (χ0n) is 16.4. The van der Waals surface area contributed by atoms with Crippen molar-refractivity contribution in [2.45, 2.75) is 19.1 Å². The van der Waals surface area contributed by atoms with Crippen LogP contribution in [0.4, 0.5) is 4.79 Å². The number of carbonyl (C=O) groups is 1. The molecule has 3 rings (SSSR count). The molecule has 0 spiro atoms. The highest BCUT2D eigenvalue weighted by atomic mass is 16.5. The van der Waals surface area contributed by atoms with Gasteiger partial charge in [-0.25, -0.2) is 4.79 Å². The Morgan fingerprint density at radius 3 is 1.87 bits per heavy atom. The largest absolute Gasteiger partial charge is 0.445 e. The summed E-state index contributed by atoms with van der Waals surface area (Å²) in [6.07, 6.45) is -0.519. The lowest BCUT2D eigenvalue weighted by atomic mass is 9.75. The topological polar surface area (TPSA) is 85.9 Å². The fourth-order valence-corrected chi connectivity index (χ4v) is 3.27. The molecule has 0 fully saturated rings. The smallest absolute Gasteiger partial charge is 0.408 e. The molecule has 0 bridgehead atoms. The second-order valence-electron chi connectivity index (χ2n) is 6.91. The van der Waals surface area contributed by atoms with Gasteiger partial charge in [-0.15, -0.1) is 0 Å². The predicted molar refractivity (Wildman–Crippen MR) is 113 cm³/mol. The summed E-state index contributed by atoms with van der Waals surface area (Å²) in [6, 6.07) is 31.1. The van der Waals surface area contributed by atoms with Gasteiger partial charge in [0.05, 0.1) is 18.2 Å². The average molecular weight is 395 g/mol. The Morgan fingerprint density at radius 2 is 1.33 bits per heavy atom. The van der Waals surface area contributed by atoms with E-state index in [2.05, 4.69) is 17.5 Å². The van der Waals surface area contributed by atoms with Crippen molar-refractivity contribution >= 4 is 6.09 Å². The fraction of sp³-hybridized carbons (Fsp3) is 0.160. The molecule has 0 unspecified atom stereocenters. The van der Waals surface area contributed by atoms with Gasteiger partial charge in [-0.1, -0.05) is 91.0 Å². The minimum absolute atomic E-state index is 0.0962. The molecule has 0 aliphatic carbocycles. The maximum absolute atomic E-state index is 12.6. The summed E-state index contributed by atoms with van der Waals surface area (Å²) in [5.41, 5.74) is 0.836. The first-order valence-corrected chi connectivity index (χ1v) is 9.55. The van der Waals surface area contributed by atoms with E-state index in [1.165, 1.54) is 0 Å². The van der Waals surface area contributed by atoms with Gasteiger partial charge in [0.15, 0.2) is 5.41 Å². The van der Waals surface area contributed by atoms with Crippen LogP contribution in [0.25, 0.3) is 0 Å². The standard InChI is InChI=1S/C25H21N3O2/c26-18-25(19-27,16-20-10-4-1-5-11-20)23(22-14-8-3-9-15-22)28-24(29)30-17-21-12-6-2-7-13-21/h1-15,23H,16-17H2,(H,28,29)/t23-/m0/s1. The second kappa shape index (κ2) is 9.91. The van der Waals surface area contributed by atoms with Gasteiger partial charge in [-0.05, 0) is 16.7 Å². The molecule has 0 heterocycles. The van der Waals surface area contributed by atoms with Crippen LogP contribution in [0.15, 0.2) is 91.0 Å². The van der Waals surface area contributed by atoms with Crippen LogP contribution < -0.4 is 5.32 Å².